The van der Waals surface area contributed by atoms with Crippen LogP contribution in [0.4, 0.5) is 5.69 Å². The maximum atomic E-state index is 11.9. The molecule has 98 valence electrons. The molecule has 1 heterocycles. The molecule has 2 aromatic rings. The fraction of sp³-hybridized carbons (Fsp3) is 0.0909. The summed E-state index contributed by atoms with van der Waals surface area (Å²) in [5.41, 5.74) is 0.299. The van der Waals surface area contributed by atoms with Gasteiger partial charge in [0.1, 0.15) is 10.6 Å². The van der Waals surface area contributed by atoms with Crippen molar-refractivity contribution in [3.8, 4) is 0 Å². The number of nitro benzene ring substituents is 1. The third-order valence-corrected chi connectivity index (χ3v) is 2.73. The maximum Gasteiger partial charge on any atom is 0.300 e. The summed E-state index contributed by atoms with van der Waals surface area (Å²) in [5, 5.41) is 19.7. The van der Waals surface area contributed by atoms with E-state index < -0.39 is 16.5 Å². The van der Waals surface area contributed by atoms with E-state index in [1.807, 2.05) is 0 Å². The molecule has 8 heteroatoms. The van der Waals surface area contributed by atoms with Gasteiger partial charge in [0, 0.05) is 18.3 Å². The molecule has 0 radical (unpaired) electrons. The number of hydrogen-bond donors (Lipinski definition) is 2. The Bertz CT molecular complexity index is 612. The highest BCUT2D eigenvalue weighted by atomic mass is 35.5. The average molecular weight is 281 g/mol. The summed E-state index contributed by atoms with van der Waals surface area (Å²) in [6, 6.07) is 4.21. The summed E-state index contributed by atoms with van der Waals surface area (Å²) in [6.07, 6.45) is 3.17. The fourth-order valence-corrected chi connectivity index (χ4v) is 1.78. The first-order valence-electron chi connectivity index (χ1n) is 5.28. The van der Waals surface area contributed by atoms with Crippen molar-refractivity contribution in [1.82, 2.24) is 15.5 Å². The zero-order valence-electron chi connectivity index (χ0n) is 9.59. The van der Waals surface area contributed by atoms with Crippen LogP contribution in [0.5, 0.6) is 0 Å². The first-order valence-corrected chi connectivity index (χ1v) is 5.66. The number of H-pyrrole nitrogens is 1. The van der Waals surface area contributed by atoms with Crippen molar-refractivity contribution in [2.75, 3.05) is 0 Å². The highest BCUT2D eigenvalue weighted by molar-refractivity contribution is 6.33. The number of para-hydroxylation sites is 1. The van der Waals surface area contributed by atoms with Crippen LogP contribution in [0.1, 0.15) is 15.9 Å². The van der Waals surface area contributed by atoms with Crippen molar-refractivity contribution >= 4 is 23.2 Å². The molecule has 0 spiro atoms. The van der Waals surface area contributed by atoms with Crippen LogP contribution in [0.15, 0.2) is 30.6 Å². The molecule has 19 heavy (non-hydrogen) atoms. The Balaban J connectivity index is 2.19. The predicted octanol–water partition coefficient (Wildman–Crippen LogP) is 1.90. The van der Waals surface area contributed by atoms with E-state index in [1.54, 1.807) is 12.4 Å². The standard InChI is InChI=1S/C11H9ClN4O3/c12-9-3-1-2-8(10(9)16(18)19)11(17)13-4-7-5-14-15-6-7/h1-3,5-6H,4H2,(H,13,17)(H,14,15). The molecule has 0 aliphatic rings. The molecule has 2 N–H and O–H groups in total. The summed E-state index contributed by atoms with van der Waals surface area (Å²) in [6.45, 7) is 0.221. The number of rotatable bonds is 4. The Morgan fingerprint density at radius 2 is 2.32 bits per heavy atom. The number of aromatic nitrogens is 2. The molecule has 7 nitrogen and oxygen atoms in total. The fourth-order valence-electron chi connectivity index (χ4n) is 1.54. The van der Waals surface area contributed by atoms with Crippen LogP contribution in [0.25, 0.3) is 0 Å². The van der Waals surface area contributed by atoms with Gasteiger partial charge in [-0.25, -0.2) is 0 Å². The van der Waals surface area contributed by atoms with Crippen LogP contribution in [0.2, 0.25) is 5.02 Å². The Kier molecular flexibility index (Phi) is 3.76. The molecule has 0 saturated heterocycles. The zero-order valence-corrected chi connectivity index (χ0v) is 10.3. The van der Waals surface area contributed by atoms with Crippen LogP contribution in [-0.2, 0) is 6.54 Å². The molecular formula is C11H9ClN4O3. The second-order valence-electron chi connectivity index (χ2n) is 3.68. The number of carbonyl (C=O) groups excluding carboxylic acids is 1. The number of nitrogens with zero attached hydrogens (tertiary/aromatic N) is 2. The quantitative estimate of drug-likeness (QED) is 0.659. The van der Waals surface area contributed by atoms with E-state index in [-0.39, 0.29) is 17.1 Å². The molecule has 1 amide bonds. The number of benzene rings is 1. The van der Waals surface area contributed by atoms with Gasteiger partial charge in [-0.05, 0) is 12.1 Å². The number of halogens is 1. The van der Waals surface area contributed by atoms with Crippen molar-refractivity contribution < 1.29 is 9.72 Å². The first kappa shape index (κ1) is 13.0. The summed E-state index contributed by atoms with van der Waals surface area (Å²) in [7, 11) is 0. The van der Waals surface area contributed by atoms with Gasteiger partial charge in [0.15, 0.2) is 0 Å². The number of nitrogens with one attached hydrogen (secondary N) is 2. The van der Waals surface area contributed by atoms with E-state index in [9.17, 15) is 14.9 Å². The molecule has 0 saturated carbocycles. The van der Waals surface area contributed by atoms with Crippen LogP contribution in [0, 0.1) is 10.1 Å². The lowest BCUT2D eigenvalue weighted by Crippen LogP contribution is -2.23. The third kappa shape index (κ3) is 2.89. The molecule has 0 fully saturated rings. The van der Waals surface area contributed by atoms with Gasteiger partial charge in [0.25, 0.3) is 5.91 Å². The van der Waals surface area contributed by atoms with Gasteiger partial charge in [-0.3, -0.25) is 20.0 Å². The lowest BCUT2D eigenvalue weighted by molar-refractivity contribution is -0.385. The van der Waals surface area contributed by atoms with Crippen LogP contribution in [0.3, 0.4) is 0 Å². The summed E-state index contributed by atoms with van der Waals surface area (Å²) < 4.78 is 0. The number of amides is 1. The topological polar surface area (TPSA) is 101 Å². The van der Waals surface area contributed by atoms with E-state index in [0.29, 0.717) is 0 Å². The molecule has 1 aromatic carbocycles. The SMILES string of the molecule is O=C(NCc1cn[nH]c1)c1cccc(Cl)c1[N+](=O)[O-]. The second kappa shape index (κ2) is 5.49. The largest absolute Gasteiger partial charge is 0.348 e. The minimum absolute atomic E-state index is 0.0685. The van der Waals surface area contributed by atoms with E-state index in [1.165, 1.54) is 18.2 Å². The molecule has 0 unspecified atom stereocenters. The normalized spacial score (nSPS) is 10.2. The van der Waals surface area contributed by atoms with Crippen molar-refractivity contribution in [1.29, 1.82) is 0 Å². The Labute approximate surface area is 112 Å². The molecular weight excluding hydrogens is 272 g/mol. The minimum Gasteiger partial charge on any atom is -0.348 e. The van der Waals surface area contributed by atoms with Crippen LogP contribution in [-0.4, -0.2) is 21.0 Å². The van der Waals surface area contributed by atoms with Crippen molar-refractivity contribution in [2.24, 2.45) is 0 Å². The van der Waals surface area contributed by atoms with Gasteiger partial charge in [-0.1, -0.05) is 17.7 Å². The molecule has 2 rings (SSSR count). The first-order chi connectivity index (χ1) is 9.09. The van der Waals surface area contributed by atoms with Crippen molar-refractivity contribution in [3.63, 3.8) is 0 Å². The van der Waals surface area contributed by atoms with E-state index in [4.69, 9.17) is 11.6 Å². The van der Waals surface area contributed by atoms with Gasteiger partial charge in [-0.2, -0.15) is 5.10 Å². The Hall–Kier alpha value is -2.41. The van der Waals surface area contributed by atoms with E-state index in [0.717, 1.165) is 5.56 Å². The number of nitro groups is 1. The minimum atomic E-state index is -0.672. The average Bonchev–Trinajstić information content (AvgIpc) is 2.88. The molecule has 0 aliphatic carbocycles. The van der Waals surface area contributed by atoms with E-state index in [2.05, 4.69) is 15.5 Å². The second-order valence-corrected chi connectivity index (χ2v) is 4.09. The number of hydrogen-bond acceptors (Lipinski definition) is 4. The number of aromatic amines is 1. The zero-order chi connectivity index (χ0) is 13.8. The van der Waals surface area contributed by atoms with E-state index >= 15 is 0 Å². The van der Waals surface area contributed by atoms with Gasteiger partial charge in [-0.15, -0.1) is 0 Å². The van der Waals surface area contributed by atoms with Crippen molar-refractivity contribution in [2.45, 2.75) is 6.54 Å². The van der Waals surface area contributed by atoms with Crippen LogP contribution < -0.4 is 5.32 Å². The number of carbonyl (C=O) groups is 1. The Morgan fingerprint density at radius 3 is 2.95 bits per heavy atom. The summed E-state index contributed by atoms with van der Waals surface area (Å²) >= 11 is 5.73. The lowest BCUT2D eigenvalue weighted by Gasteiger charge is -2.05. The monoisotopic (exact) mass is 280 g/mol. The maximum absolute atomic E-state index is 11.9. The van der Waals surface area contributed by atoms with Gasteiger partial charge in [0.2, 0.25) is 0 Å². The summed E-state index contributed by atoms with van der Waals surface area (Å²) in [5.74, 6) is -0.560. The lowest BCUT2D eigenvalue weighted by atomic mass is 10.1. The Morgan fingerprint density at radius 1 is 1.53 bits per heavy atom. The highest BCUT2D eigenvalue weighted by Gasteiger charge is 2.23. The van der Waals surface area contributed by atoms with Gasteiger partial charge >= 0.3 is 5.69 Å². The third-order valence-electron chi connectivity index (χ3n) is 2.42. The predicted molar refractivity (Wildman–Crippen MR) is 67.9 cm³/mol. The van der Waals surface area contributed by atoms with Gasteiger partial charge in [0.05, 0.1) is 11.1 Å². The van der Waals surface area contributed by atoms with Crippen molar-refractivity contribution in [3.05, 3.63) is 56.9 Å². The summed E-state index contributed by atoms with van der Waals surface area (Å²) in [4.78, 5) is 22.1. The molecule has 1 aromatic heterocycles. The van der Waals surface area contributed by atoms with Crippen LogP contribution >= 0.6 is 11.6 Å². The van der Waals surface area contributed by atoms with Gasteiger partial charge < -0.3 is 5.32 Å². The smallest absolute Gasteiger partial charge is 0.300 e. The molecule has 0 bridgehead atoms. The molecule has 0 atom stereocenters. The highest BCUT2D eigenvalue weighted by Crippen LogP contribution is 2.28. The molecule has 0 aliphatic heterocycles.